The van der Waals surface area contributed by atoms with Crippen LogP contribution >= 0.6 is 11.8 Å². The summed E-state index contributed by atoms with van der Waals surface area (Å²) >= 11 is 1.70. The first-order chi connectivity index (χ1) is 12.4. The topological polar surface area (TPSA) is 17.8 Å². The lowest BCUT2D eigenvalue weighted by atomic mass is 10.0. The molecule has 4 rings (SSSR count). The smallest absolute Gasteiger partial charge is 0.296 e. The molecule has 0 bridgehead atoms. The summed E-state index contributed by atoms with van der Waals surface area (Å²) in [5, 5.41) is 0. The van der Waals surface area contributed by atoms with E-state index in [4.69, 9.17) is 0 Å². The molecule has 0 fully saturated rings. The lowest BCUT2D eigenvalue weighted by Crippen LogP contribution is -2.13. The van der Waals surface area contributed by atoms with Gasteiger partial charge in [-0.1, -0.05) is 12.1 Å². The van der Waals surface area contributed by atoms with Gasteiger partial charge in [-0.15, -0.1) is 11.8 Å². The van der Waals surface area contributed by atoms with Gasteiger partial charge in [-0.3, -0.25) is 4.57 Å². The second kappa shape index (κ2) is 6.20. The highest BCUT2D eigenvalue weighted by Crippen LogP contribution is 2.36. The van der Waals surface area contributed by atoms with Crippen molar-refractivity contribution < 1.29 is 13.2 Å². The zero-order chi connectivity index (χ0) is 18.5. The number of benzene rings is 2. The van der Waals surface area contributed by atoms with Gasteiger partial charge in [0.15, 0.2) is 0 Å². The Balaban J connectivity index is 1.86. The monoisotopic (exact) mass is 374 g/mol. The molecule has 0 spiro atoms. The normalized spacial score (nSPS) is 13.4. The molecule has 2 aromatic carbocycles. The summed E-state index contributed by atoms with van der Waals surface area (Å²) in [6.07, 6.45) is -0.533. The van der Waals surface area contributed by atoms with Gasteiger partial charge in [-0.2, -0.15) is 13.2 Å². The predicted octanol–water partition coefficient (Wildman–Crippen LogP) is 5.69. The Morgan fingerprint density at radius 1 is 1.04 bits per heavy atom. The number of thioether (sulfide) groups is 1. The maximum atomic E-state index is 12.9. The van der Waals surface area contributed by atoms with E-state index < -0.39 is 11.7 Å². The minimum Gasteiger partial charge on any atom is -0.296 e. The van der Waals surface area contributed by atoms with Gasteiger partial charge in [0.2, 0.25) is 0 Å². The molecule has 6 heteroatoms. The first-order valence-corrected chi connectivity index (χ1v) is 9.54. The maximum absolute atomic E-state index is 12.9. The molecule has 3 aromatic rings. The molecule has 0 N–H and O–H groups in total. The zero-order valence-electron chi connectivity index (χ0n) is 14.4. The number of aromatic nitrogens is 2. The van der Waals surface area contributed by atoms with Crippen molar-refractivity contribution >= 4 is 11.8 Å². The molecule has 0 unspecified atom stereocenters. The van der Waals surface area contributed by atoms with E-state index in [1.807, 2.05) is 13.2 Å². The molecule has 0 aliphatic carbocycles. The Hall–Kier alpha value is -2.21. The highest BCUT2D eigenvalue weighted by molar-refractivity contribution is 7.98. The van der Waals surface area contributed by atoms with Gasteiger partial charge < -0.3 is 0 Å². The van der Waals surface area contributed by atoms with Crippen LogP contribution in [0.25, 0.3) is 16.9 Å². The van der Waals surface area contributed by atoms with Gasteiger partial charge in [-0.05, 0) is 55.5 Å². The lowest BCUT2D eigenvalue weighted by molar-refractivity contribution is -0.137. The average Bonchev–Trinajstić information content (AvgIpc) is 2.96. The van der Waals surface area contributed by atoms with Crippen molar-refractivity contribution in [1.82, 2.24) is 9.55 Å². The van der Waals surface area contributed by atoms with Gasteiger partial charge in [0.1, 0.15) is 5.82 Å². The van der Waals surface area contributed by atoms with Crippen LogP contribution in [0.4, 0.5) is 13.2 Å². The van der Waals surface area contributed by atoms with E-state index in [0.29, 0.717) is 0 Å². The van der Waals surface area contributed by atoms with E-state index in [-0.39, 0.29) is 0 Å². The SMILES string of the molecule is CSc1ccc2c(c1)CCc1nc(C)c(-c3ccc(C(F)(F)F)cc3)n1-2. The molecular weight excluding hydrogens is 357 g/mol. The minimum atomic E-state index is -4.33. The summed E-state index contributed by atoms with van der Waals surface area (Å²) in [6.45, 7) is 1.91. The Morgan fingerprint density at radius 3 is 2.42 bits per heavy atom. The molecule has 2 heterocycles. The number of fused-ring (bicyclic) bond motifs is 3. The van der Waals surface area contributed by atoms with Crippen LogP contribution in [0.1, 0.15) is 22.6 Å². The standard InChI is InChI=1S/C20H17F3N2S/c1-12-19(13-3-6-15(7-4-13)20(21,22)23)25-17-9-8-16(26-2)11-14(17)5-10-18(25)24-12/h3-4,6-9,11H,5,10H2,1-2H3. The van der Waals surface area contributed by atoms with Crippen LogP contribution in [0, 0.1) is 6.92 Å². The number of rotatable bonds is 2. The van der Waals surface area contributed by atoms with E-state index >= 15 is 0 Å². The minimum absolute atomic E-state index is 0.637. The van der Waals surface area contributed by atoms with Gasteiger partial charge in [-0.25, -0.2) is 4.98 Å². The Morgan fingerprint density at radius 2 is 1.77 bits per heavy atom. The third-order valence-corrected chi connectivity index (χ3v) is 5.48. The predicted molar refractivity (Wildman–Crippen MR) is 97.9 cm³/mol. The van der Waals surface area contributed by atoms with Crippen molar-refractivity contribution in [2.24, 2.45) is 0 Å². The molecule has 26 heavy (non-hydrogen) atoms. The summed E-state index contributed by atoms with van der Waals surface area (Å²) in [7, 11) is 0. The van der Waals surface area contributed by atoms with Crippen LogP contribution in [-0.4, -0.2) is 15.8 Å². The highest BCUT2D eigenvalue weighted by atomic mass is 32.2. The van der Waals surface area contributed by atoms with E-state index in [9.17, 15) is 13.2 Å². The molecule has 1 aromatic heterocycles. The molecule has 0 atom stereocenters. The molecule has 1 aliphatic heterocycles. The largest absolute Gasteiger partial charge is 0.416 e. The molecule has 0 radical (unpaired) electrons. The van der Waals surface area contributed by atoms with Crippen molar-refractivity contribution in [2.45, 2.75) is 30.8 Å². The van der Waals surface area contributed by atoms with Crippen LogP contribution in [0.2, 0.25) is 0 Å². The third-order valence-electron chi connectivity index (χ3n) is 4.75. The van der Waals surface area contributed by atoms with Crippen LogP contribution in [0.15, 0.2) is 47.4 Å². The molecule has 0 saturated heterocycles. The fraction of sp³-hybridized carbons (Fsp3) is 0.250. The molecular formula is C20H17F3N2S. The van der Waals surface area contributed by atoms with Gasteiger partial charge in [0, 0.05) is 16.9 Å². The Labute approximate surface area is 154 Å². The molecule has 0 saturated carbocycles. The number of hydrogen-bond donors (Lipinski definition) is 0. The van der Waals surface area contributed by atoms with Crippen molar-refractivity contribution in [3.63, 3.8) is 0 Å². The number of halogens is 3. The van der Waals surface area contributed by atoms with E-state index in [1.165, 1.54) is 22.6 Å². The van der Waals surface area contributed by atoms with Crippen LogP contribution in [-0.2, 0) is 19.0 Å². The fourth-order valence-electron chi connectivity index (χ4n) is 3.52. The number of nitrogens with zero attached hydrogens (tertiary/aromatic N) is 2. The number of aryl methyl sites for hydroxylation is 3. The zero-order valence-corrected chi connectivity index (χ0v) is 15.2. The maximum Gasteiger partial charge on any atom is 0.416 e. The van der Waals surface area contributed by atoms with Gasteiger partial charge in [0.25, 0.3) is 0 Å². The van der Waals surface area contributed by atoms with E-state index in [0.717, 1.165) is 53.4 Å². The third kappa shape index (κ3) is 2.82. The summed E-state index contributed by atoms with van der Waals surface area (Å²) in [5.41, 5.74) is 4.13. The molecule has 1 aliphatic rings. The first-order valence-electron chi connectivity index (χ1n) is 8.31. The lowest BCUT2D eigenvalue weighted by Gasteiger charge is -2.21. The van der Waals surface area contributed by atoms with Crippen molar-refractivity contribution in [3.05, 3.63) is 65.1 Å². The number of hydrogen-bond acceptors (Lipinski definition) is 2. The van der Waals surface area contributed by atoms with Crippen LogP contribution in [0.3, 0.4) is 0 Å². The van der Waals surface area contributed by atoms with Crippen molar-refractivity contribution in [1.29, 1.82) is 0 Å². The van der Waals surface area contributed by atoms with Gasteiger partial charge >= 0.3 is 6.18 Å². The van der Waals surface area contributed by atoms with Gasteiger partial charge in [0.05, 0.1) is 22.6 Å². The quantitative estimate of drug-likeness (QED) is 0.537. The Bertz CT molecular complexity index is 972. The molecule has 134 valence electrons. The van der Waals surface area contributed by atoms with Crippen molar-refractivity contribution in [3.8, 4) is 16.9 Å². The van der Waals surface area contributed by atoms with E-state index in [1.54, 1.807) is 11.8 Å². The summed E-state index contributed by atoms with van der Waals surface area (Å²) in [5.74, 6) is 0.960. The first kappa shape index (κ1) is 17.2. The summed E-state index contributed by atoms with van der Waals surface area (Å²) < 4.78 is 40.7. The molecule has 0 amide bonds. The number of imidazole rings is 1. The summed E-state index contributed by atoms with van der Waals surface area (Å²) in [4.78, 5) is 5.88. The summed E-state index contributed by atoms with van der Waals surface area (Å²) in [6, 6.07) is 11.7. The van der Waals surface area contributed by atoms with Crippen molar-refractivity contribution in [2.75, 3.05) is 6.26 Å². The van der Waals surface area contributed by atoms with Crippen LogP contribution in [0.5, 0.6) is 0 Å². The number of alkyl halides is 3. The van der Waals surface area contributed by atoms with E-state index in [2.05, 4.69) is 27.8 Å². The Kier molecular flexibility index (Phi) is 4.10. The fourth-order valence-corrected chi connectivity index (χ4v) is 3.99. The van der Waals surface area contributed by atoms with Crippen LogP contribution < -0.4 is 0 Å². The highest BCUT2D eigenvalue weighted by Gasteiger charge is 2.30. The second-order valence-electron chi connectivity index (χ2n) is 6.37. The molecule has 2 nitrogen and oxygen atoms in total. The average molecular weight is 374 g/mol. The second-order valence-corrected chi connectivity index (χ2v) is 7.25.